The van der Waals surface area contributed by atoms with Crippen LogP contribution in [0.5, 0.6) is 5.75 Å². The summed E-state index contributed by atoms with van der Waals surface area (Å²) in [6.45, 7) is 2.85. The van der Waals surface area contributed by atoms with Gasteiger partial charge in [0.05, 0.1) is 5.69 Å². The monoisotopic (exact) mass is 289 g/mol. The van der Waals surface area contributed by atoms with E-state index < -0.39 is 5.91 Å². The molecule has 0 atom stereocenters. The third-order valence-corrected chi connectivity index (χ3v) is 2.70. The number of nitrogens with one attached hydrogen (secondary N) is 2. The second-order valence-electron chi connectivity index (χ2n) is 4.44. The zero-order valence-corrected chi connectivity index (χ0v) is 12.1. The highest BCUT2D eigenvalue weighted by atomic mass is 16.5. The third kappa shape index (κ3) is 5.55. The van der Waals surface area contributed by atoms with Crippen molar-refractivity contribution in [1.82, 2.24) is 5.32 Å². The molecule has 0 aliphatic rings. The van der Waals surface area contributed by atoms with Crippen LogP contribution in [0.4, 0.5) is 5.69 Å². The van der Waals surface area contributed by atoms with Crippen LogP contribution >= 0.6 is 0 Å². The molecular formula is C15H19N3O3. The van der Waals surface area contributed by atoms with E-state index >= 15 is 0 Å². The number of carbonyl (C=O) groups is 1. The lowest BCUT2D eigenvalue weighted by Crippen LogP contribution is -2.26. The van der Waals surface area contributed by atoms with E-state index in [1.165, 1.54) is 6.20 Å². The summed E-state index contributed by atoms with van der Waals surface area (Å²) in [5.41, 5.74) is 1.33. The fourth-order valence-corrected chi connectivity index (χ4v) is 1.58. The fraction of sp³-hybridized carbons (Fsp3) is 0.333. The minimum absolute atomic E-state index is 0.0506. The van der Waals surface area contributed by atoms with Crippen molar-refractivity contribution in [3.05, 3.63) is 35.5 Å². The molecule has 0 aliphatic heterocycles. The molecule has 0 bridgehead atoms. The molecule has 0 unspecified atom stereocenters. The lowest BCUT2D eigenvalue weighted by molar-refractivity contribution is -0.117. The maximum absolute atomic E-state index is 11.8. The number of nitriles is 1. The van der Waals surface area contributed by atoms with Crippen LogP contribution in [0.1, 0.15) is 12.0 Å². The second-order valence-corrected chi connectivity index (χ2v) is 4.44. The first kappa shape index (κ1) is 16.5. The number of hydrogen-bond donors (Lipinski definition) is 3. The average Bonchev–Trinajstić information content (AvgIpc) is 2.47. The largest absolute Gasteiger partial charge is 0.506 e. The first-order valence-corrected chi connectivity index (χ1v) is 6.52. The molecule has 0 radical (unpaired) electrons. The van der Waals surface area contributed by atoms with Gasteiger partial charge in [0.25, 0.3) is 5.91 Å². The van der Waals surface area contributed by atoms with Gasteiger partial charge in [-0.3, -0.25) is 4.79 Å². The molecule has 21 heavy (non-hydrogen) atoms. The number of amides is 1. The molecule has 0 fully saturated rings. The van der Waals surface area contributed by atoms with Crippen molar-refractivity contribution in [3.8, 4) is 11.8 Å². The van der Waals surface area contributed by atoms with Gasteiger partial charge in [0.1, 0.15) is 17.4 Å². The highest BCUT2D eigenvalue weighted by Gasteiger charge is 2.08. The molecule has 0 aliphatic carbocycles. The van der Waals surface area contributed by atoms with Crippen molar-refractivity contribution in [3.63, 3.8) is 0 Å². The smallest absolute Gasteiger partial charge is 0.263 e. The fourth-order valence-electron chi connectivity index (χ4n) is 1.58. The lowest BCUT2D eigenvalue weighted by Gasteiger charge is -2.07. The molecule has 0 aromatic heterocycles. The molecule has 3 N–H and O–H groups in total. The highest BCUT2D eigenvalue weighted by molar-refractivity contribution is 5.97. The van der Waals surface area contributed by atoms with Crippen LogP contribution in [0.2, 0.25) is 0 Å². The number of ether oxygens (including phenoxy) is 1. The Bertz CT molecular complexity index is 562. The summed E-state index contributed by atoms with van der Waals surface area (Å²) in [6, 6.07) is 6.85. The third-order valence-electron chi connectivity index (χ3n) is 2.70. The Kier molecular flexibility index (Phi) is 6.78. The predicted octanol–water partition coefficient (Wildman–Crippen LogP) is 1.67. The van der Waals surface area contributed by atoms with Gasteiger partial charge in [0.15, 0.2) is 0 Å². The zero-order chi connectivity index (χ0) is 15.7. The number of aryl methyl sites for hydroxylation is 1. The SMILES string of the molecule is COCCCNC(=O)/C(C#N)=C\Nc1cc(C)ccc1O. The van der Waals surface area contributed by atoms with Gasteiger partial charge in [-0.1, -0.05) is 6.07 Å². The van der Waals surface area contributed by atoms with Crippen LogP contribution in [-0.4, -0.2) is 31.3 Å². The molecule has 1 amide bonds. The summed E-state index contributed by atoms with van der Waals surface area (Å²) in [6.07, 6.45) is 1.95. The van der Waals surface area contributed by atoms with E-state index in [0.717, 1.165) is 5.56 Å². The number of anilines is 1. The molecule has 0 heterocycles. The molecule has 112 valence electrons. The summed E-state index contributed by atoms with van der Waals surface area (Å²) in [5.74, 6) is -0.414. The summed E-state index contributed by atoms with van der Waals surface area (Å²) >= 11 is 0. The Balaban J connectivity index is 2.65. The van der Waals surface area contributed by atoms with E-state index in [4.69, 9.17) is 10.00 Å². The Morgan fingerprint density at radius 3 is 2.95 bits per heavy atom. The van der Waals surface area contributed by atoms with Crippen molar-refractivity contribution in [1.29, 1.82) is 5.26 Å². The second kappa shape index (κ2) is 8.61. The molecule has 1 aromatic carbocycles. The lowest BCUT2D eigenvalue weighted by atomic mass is 10.2. The van der Waals surface area contributed by atoms with Gasteiger partial charge in [0, 0.05) is 26.5 Å². The van der Waals surface area contributed by atoms with E-state index in [9.17, 15) is 9.90 Å². The van der Waals surface area contributed by atoms with Crippen molar-refractivity contribution in [2.45, 2.75) is 13.3 Å². The van der Waals surface area contributed by atoms with Crippen LogP contribution in [0.25, 0.3) is 0 Å². The van der Waals surface area contributed by atoms with Gasteiger partial charge < -0.3 is 20.5 Å². The number of hydrogen-bond acceptors (Lipinski definition) is 5. The maximum Gasteiger partial charge on any atom is 0.263 e. The summed E-state index contributed by atoms with van der Waals surface area (Å²) in [4.78, 5) is 11.8. The van der Waals surface area contributed by atoms with E-state index in [1.54, 1.807) is 25.3 Å². The van der Waals surface area contributed by atoms with Crippen molar-refractivity contribution < 1.29 is 14.6 Å². The molecule has 0 saturated carbocycles. The Morgan fingerprint density at radius 2 is 2.29 bits per heavy atom. The van der Waals surface area contributed by atoms with Crippen molar-refractivity contribution >= 4 is 11.6 Å². The molecular weight excluding hydrogens is 270 g/mol. The molecule has 1 rings (SSSR count). The van der Waals surface area contributed by atoms with Gasteiger partial charge >= 0.3 is 0 Å². The topological polar surface area (TPSA) is 94.4 Å². The number of phenolic OH excluding ortho intramolecular Hbond substituents is 1. The maximum atomic E-state index is 11.8. The first-order valence-electron chi connectivity index (χ1n) is 6.52. The van der Waals surface area contributed by atoms with Crippen LogP contribution < -0.4 is 10.6 Å². The number of rotatable bonds is 7. The predicted molar refractivity (Wildman–Crippen MR) is 79.7 cm³/mol. The molecule has 0 saturated heterocycles. The molecule has 1 aromatic rings. The highest BCUT2D eigenvalue weighted by Crippen LogP contribution is 2.23. The average molecular weight is 289 g/mol. The van der Waals surface area contributed by atoms with Crippen LogP contribution in [0.3, 0.4) is 0 Å². The number of carbonyl (C=O) groups excluding carboxylic acids is 1. The standard InChI is InChI=1S/C15H19N3O3/c1-11-4-5-14(19)13(8-11)18-10-12(9-16)15(20)17-6-3-7-21-2/h4-5,8,10,18-19H,3,6-7H2,1-2H3,(H,17,20)/b12-10-. The van der Waals surface area contributed by atoms with Crippen LogP contribution in [0.15, 0.2) is 30.0 Å². The molecule has 6 nitrogen and oxygen atoms in total. The van der Waals surface area contributed by atoms with Crippen LogP contribution in [0, 0.1) is 18.3 Å². The Hall–Kier alpha value is -2.52. The normalized spacial score (nSPS) is 10.8. The summed E-state index contributed by atoms with van der Waals surface area (Å²) in [5, 5.41) is 24.1. The number of methoxy groups -OCH3 is 1. The van der Waals surface area contributed by atoms with Gasteiger partial charge in [-0.2, -0.15) is 5.26 Å². The summed E-state index contributed by atoms with van der Waals surface area (Å²) < 4.78 is 4.87. The van der Waals surface area contributed by atoms with E-state index in [-0.39, 0.29) is 11.3 Å². The quantitative estimate of drug-likeness (QED) is 0.307. The zero-order valence-electron chi connectivity index (χ0n) is 12.1. The number of nitrogens with zero attached hydrogens (tertiary/aromatic N) is 1. The minimum atomic E-state index is -0.465. The number of aromatic hydroxyl groups is 1. The Morgan fingerprint density at radius 1 is 1.52 bits per heavy atom. The molecule has 6 heteroatoms. The summed E-state index contributed by atoms with van der Waals surface area (Å²) in [7, 11) is 1.58. The van der Waals surface area contributed by atoms with E-state index in [1.807, 2.05) is 13.0 Å². The number of phenols is 1. The minimum Gasteiger partial charge on any atom is -0.506 e. The van der Waals surface area contributed by atoms with Gasteiger partial charge in [-0.05, 0) is 31.0 Å². The van der Waals surface area contributed by atoms with Gasteiger partial charge in [-0.15, -0.1) is 0 Å². The van der Waals surface area contributed by atoms with E-state index in [0.29, 0.717) is 25.3 Å². The Labute approximate surface area is 124 Å². The first-order chi connectivity index (χ1) is 10.1. The van der Waals surface area contributed by atoms with E-state index in [2.05, 4.69) is 10.6 Å². The van der Waals surface area contributed by atoms with Crippen molar-refractivity contribution in [2.75, 3.05) is 25.6 Å². The van der Waals surface area contributed by atoms with Gasteiger partial charge in [-0.25, -0.2) is 0 Å². The van der Waals surface area contributed by atoms with Crippen LogP contribution in [-0.2, 0) is 9.53 Å². The van der Waals surface area contributed by atoms with Gasteiger partial charge in [0.2, 0.25) is 0 Å². The number of benzene rings is 1. The van der Waals surface area contributed by atoms with Crippen molar-refractivity contribution in [2.24, 2.45) is 0 Å². The molecule has 0 spiro atoms.